The molecule has 0 aliphatic rings. The number of hydrogen-bond donors (Lipinski definition) is 0. The van der Waals surface area contributed by atoms with Crippen LogP contribution in [0.25, 0.3) is 44.0 Å². The van der Waals surface area contributed by atoms with Gasteiger partial charge >= 0.3 is 0 Å². The summed E-state index contributed by atoms with van der Waals surface area (Å²) in [4.78, 5) is 11.9. The second-order valence-corrected chi connectivity index (χ2v) is 7.89. The Morgan fingerprint density at radius 3 is 2.12 bits per heavy atom. The monoisotopic (exact) mass is 427 g/mol. The zero-order valence-corrected chi connectivity index (χ0v) is 17.5. The van der Waals surface area contributed by atoms with Gasteiger partial charge in [0.2, 0.25) is 0 Å². The molecule has 7 rings (SSSR count). The molecule has 5 nitrogen and oxygen atoms in total. The molecule has 156 valence electrons. The van der Waals surface area contributed by atoms with Crippen LogP contribution in [-0.2, 0) is 0 Å². The smallest absolute Gasteiger partial charge is 0.154 e. The van der Waals surface area contributed by atoms with Crippen molar-refractivity contribution in [2.45, 2.75) is 0 Å². The van der Waals surface area contributed by atoms with Gasteiger partial charge in [-0.2, -0.15) is 0 Å². The number of rotatable bonds is 3. The second kappa shape index (κ2) is 6.93. The molecule has 0 radical (unpaired) electrons. The maximum absolute atomic E-state index is 6.13. The molecule has 4 heterocycles. The number of pyridine rings is 2. The molecule has 0 fully saturated rings. The van der Waals surface area contributed by atoms with Crippen LogP contribution in [0.3, 0.4) is 0 Å². The molecule has 0 aliphatic heterocycles. The highest BCUT2D eigenvalue weighted by atomic mass is 16.3. The van der Waals surface area contributed by atoms with Crippen LogP contribution < -0.4 is 4.90 Å². The lowest BCUT2D eigenvalue weighted by Gasteiger charge is -2.23. The van der Waals surface area contributed by atoms with Gasteiger partial charge in [-0.3, -0.25) is 4.90 Å². The van der Waals surface area contributed by atoms with Gasteiger partial charge in [-0.1, -0.05) is 48.5 Å². The van der Waals surface area contributed by atoms with E-state index in [-0.39, 0.29) is 0 Å². The number of hydrogen-bond acceptors (Lipinski definition) is 5. The van der Waals surface area contributed by atoms with Crippen LogP contribution >= 0.6 is 0 Å². The minimum absolute atomic E-state index is 0.755. The van der Waals surface area contributed by atoms with Crippen LogP contribution in [0.15, 0.2) is 112 Å². The molecule has 0 aliphatic carbocycles. The Labute approximate surface area is 188 Å². The zero-order valence-electron chi connectivity index (χ0n) is 17.5. The molecule has 0 atom stereocenters. The van der Waals surface area contributed by atoms with E-state index in [0.717, 1.165) is 61.3 Å². The maximum atomic E-state index is 6.13. The Kier molecular flexibility index (Phi) is 3.78. The van der Waals surface area contributed by atoms with E-state index in [9.17, 15) is 0 Å². The first kappa shape index (κ1) is 18.0. The van der Waals surface area contributed by atoms with Gasteiger partial charge in [-0.25, -0.2) is 9.97 Å². The third kappa shape index (κ3) is 2.72. The summed E-state index contributed by atoms with van der Waals surface area (Å²) >= 11 is 0. The topological polar surface area (TPSA) is 55.3 Å². The van der Waals surface area contributed by atoms with E-state index in [1.807, 2.05) is 78.9 Å². The number of aromatic nitrogens is 2. The van der Waals surface area contributed by atoms with E-state index in [0.29, 0.717) is 0 Å². The molecule has 0 saturated heterocycles. The predicted octanol–water partition coefficient (Wildman–Crippen LogP) is 7.75. The molecule has 3 aromatic carbocycles. The van der Waals surface area contributed by atoms with Gasteiger partial charge in [-0.15, -0.1) is 0 Å². The first-order valence-corrected chi connectivity index (χ1v) is 10.8. The maximum Gasteiger partial charge on any atom is 0.154 e. The Morgan fingerprint density at radius 2 is 1.27 bits per heavy atom. The summed E-state index contributed by atoms with van der Waals surface area (Å²) in [6, 6.07) is 32.0. The van der Waals surface area contributed by atoms with Crippen molar-refractivity contribution in [3.8, 4) is 0 Å². The van der Waals surface area contributed by atoms with E-state index in [1.165, 1.54) is 0 Å². The summed E-state index contributed by atoms with van der Waals surface area (Å²) in [5, 5.41) is 2.96. The summed E-state index contributed by atoms with van der Waals surface area (Å²) in [5.41, 5.74) is 4.99. The highest BCUT2D eigenvalue weighted by Gasteiger charge is 2.22. The van der Waals surface area contributed by atoms with Gasteiger partial charge in [0, 0.05) is 22.7 Å². The fourth-order valence-corrected chi connectivity index (χ4v) is 4.47. The third-order valence-electron chi connectivity index (χ3n) is 5.93. The highest BCUT2D eigenvalue weighted by Crippen LogP contribution is 2.41. The van der Waals surface area contributed by atoms with E-state index >= 15 is 0 Å². The van der Waals surface area contributed by atoms with Crippen LogP contribution in [0.2, 0.25) is 0 Å². The molecule has 5 heteroatoms. The van der Waals surface area contributed by atoms with Crippen molar-refractivity contribution >= 4 is 61.3 Å². The lowest BCUT2D eigenvalue weighted by atomic mass is 10.1. The molecule has 0 bridgehead atoms. The molecule has 0 saturated carbocycles. The fourth-order valence-electron chi connectivity index (χ4n) is 4.47. The third-order valence-corrected chi connectivity index (χ3v) is 5.93. The van der Waals surface area contributed by atoms with Crippen molar-refractivity contribution in [2.24, 2.45) is 0 Å². The van der Waals surface area contributed by atoms with Crippen molar-refractivity contribution < 1.29 is 8.83 Å². The first-order chi connectivity index (χ1) is 16.4. The number of fused-ring (bicyclic) bond motifs is 6. The van der Waals surface area contributed by atoms with Crippen molar-refractivity contribution in [2.75, 3.05) is 4.90 Å². The molecule has 0 amide bonds. The minimum atomic E-state index is 0.755. The van der Waals surface area contributed by atoms with E-state index < -0.39 is 0 Å². The van der Waals surface area contributed by atoms with Crippen LogP contribution in [0.1, 0.15) is 0 Å². The average molecular weight is 427 g/mol. The largest absolute Gasteiger partial charge is 0.456 e. The first-order valence-electron chi connectivity index (χ1n) is 10.8. The summed E-state index contributed by atoms with van der Waals surface area (Å²) in [6.45, 7) is 0. The average Bonchev–Trinajstić information content (AvgIpc) is 3.43. The van der Waals surface area contributed by atoms with Crippen LogP contribution in [0.5, 0.6) is 0 Å². The van der Waals surface area contributed by atoms with Crippen molar-refractivity contribution in [3.05, 3.63) is 103 Å². The predicted molar refractivity (Wildman–Crippen MR) is 131 cm³/mol. The van der Waals surface area contributed by atoms with E-state index in [1.54, 1.807) is 6.20 Å². The minimum Gasteiger partial charge on any atom is -0.456 e. The molecule has 0 unspecified atom stereocenters. The molecule has 4 aromatic heterocycles. The second-order valence-electron chi connectivity index (χ2n) is 7.89. The SMILES string of the molecule is c1ccc(N(c2ccc3oc4ccccc4c3n2)c2nccc3oc4ccccc4c23)cc1. The van der Waals surface area contributed by atoms with Gasteiger partial charge in [-0.05, 0) is 48.5 Å². The standard InChI is InChI=1S/C28H17N3O2/c1-2-8-18(9-3-1)31(25-15-14-24-27(30-25)20-11-5-7-13-22(20)33-24)28-26-19-10-4-6-12-21(19)32-23(26)16-17-29-28/h1-17H. The number of nitrogens with zero attached hydrogens (tertiary/aromatic N) is 3. The van der Waals surface area contributed by atoms with Gasteiger partial charge in [0.05, 0.1) is 5.39 Å². The van der Waals surface area contributed by atoms with Crippen molar-refractivity contribution in [1.82, 2.24) is 9.97 Å². The van der Waals surface area contributed by atoms with Gasteiger partial charge < -0.3 is 8.83 Å². The number of anilines is 3. The van der Waals surface area contributed by atoms with E-state index in [4.69, 9.17) is 18.8 Å². The molecule has 0 N–H and O–H groups in total. The number of furan rings is 2. The molecule has 33 heavy (non-hydrogen) atoms. The van der Waals surface area contributed by atoms with Crippen molar-refractivity contribution in [3.63, 3.8) is 0 Å². The zero-order chi connectivity index (χ0) is 21.8. The van der Waals surface area contributed by atoms with Crippen molar-refractivity contribution in [1.29, 1.82) is 0 Å². The summed E-state index contributed by atoms with van der Waals surface area (Å²) in [6.07, 6.45) is 1.78. The lowest BCUT2D eigenvalue weighted by molar-refractivity contribution is 0.667. The van der Waals surface area contributed by atoms with Crippen LogP contribution in [-0.4, -0.2) is 9.97 Å². The molecule has 7 aromatic rings. The summed E-state index contributed by atoms with van der Waals surface area (Å²) < 4.78 is 12.1. The fraction of sp³-hybridized carbons (Fsp3) is 0. The Hall–Kier alpha value is -4.64. The summed E-state index contributed by atoms with van der Waals surface area (Å²) in [7, 11) is 0. The lowest BCUT2D eigenvalue weighted by Crippen LogP contribution is -2.13. The van der Waals surface area contributed by atoms with Gasteiger partial charge in [0.25, 0.3) is 0 Å². The van der Waals surface area contributed by atoms with E-state index in [2.05, 4.69) is 23.1 Å². The van der Waals surface area contributed by atoms with Gasteiger partial charge in [0.1, 0.15) is 28.1 Å². The summed E-state index contributed by atoms with van der Waals surface area (Å²) in [5.74, 6) is 1.52. The van der Waals surface area contributed by atoms with Crippen LogP contribution in [0, 0.1) is 0 Å². The van der Waals surface area contributed by atoms with Gasteiger partial charge in [0.15, 0.2) is 11.4 Å². The Morgan fingerprint density at radius 1 is 0.576 bits per heavy atom. The Bertz CT molecular complexity index is 1780. The Balaban J connectivity index is 1.55. The molecular weight excluding hydrogens is 410 g/mol. The molecular formula is C28H17N3O2. The van der Waals surface area contributed by atoms with Crippen LogP contribution in [0.4, 0.5) is 17.3 Å². The number of para-hydroxylation sites is 3. The number of benzene rings is 3. The normalized spacial score (nSPS) is 11.6. The quantitative estimate of drug-likeness (QED) is 0.289. The highest BCUT2D eigenvalue weighted by molar-refractivity contribution is 6.12. The molecule has 0 spiro atoms.